The van der Waals surface area contributed by atoms with E-state index < -0.39 is 14.2 Å². The molecule has 0 atom stereocenters. The molecule has 0 aliphatic carbocycles. The van der Waals surface area contributed by atoms with Crippen molar-refractivity contribution in [1.82, 2.24) is 0 Å². The van der Waals surface area contributed by atoms with Crippen molar-refractivity contribution in [2.75, 3.05) is 0 Å². The van der Waals surface area contributed by atoms with E-state index >= 15 is 0 Å². The lowest BCUT2D eigenvalue weighted by Crippen LogP contribution is -2.45. The standard InChI is InChI=1S/C11H21F2ISi/c1-7(2)15(8(3)4,9(5)6)11(14)10(12)13/h7-9H,1-6H3. The average molecular weight is 346 g/mol. The summed E-state index contributed by atoms with van der Waals surface area (Å²) in [5, 5.41) is 0. The Morgan fingerprint density at radius 3 is 1.20 bits per heavy atom. The fraction of sp³-hybridized carbons (Fsp3) is 0.818. The molecular formula is C11H21F2ISi. The van der Waals surface area contributed by atoms with Crippen molar-refractivity contribution in [3.8, 4) is 0 Å². The Morgan fingerprint density at radius 2 is 1.13 bits per heavy atom. The lowest BCUT2D eigenvalue weighted by Gasteiger charge is -2.42. The number of halogens is 3. The summed E-state index contributed by atoms with van der Waals surface area (Å²) in [5.74, 6) is 0. The van der Waals surface area contributed by atoms with Crippen molar-refractivity contribution in [3.63, 3.8) is 0 Å². The monoisotopic (exact) mass is 346 g/mol. The summed E-state index contributed by atoms with van der Waals surface area (Å²) in [7, 11) is -2.08. The highest BCUT2D eigenvalue weighted by atomic mass is 127. The summed E-state index contributed by atoms with van der Waals surface area (Å²) >= 11 is 1.88. The molecule has 0 bridgehead atoms. The van der Waals surface area contributed by atoms with E-state index in [0.717, 1.165) is 0 Å². The second-order valence-corrected chi connectivity index (χ2v) is 12.9. The summed E-state index contributed by atoms with van der Waals surface area (Å²) < 4.78 is 26.2. The second-order valence-electron chi connectivity index (χ2n) is 4.97. The van der Waals surface area contributed by atoms with Crippen LogP contribution in [0.3, 0.4) is 0 Å². The normalized spacial score (nSPS) is 12.8. The van der Waals surface area contributed by atoms with E-state index in [1.54, 1.807) is 0 Å². The van der Waals surface area contributed by atoms with Crippen molar-refractivity contribution in [2.24, 2.45) is 0 Å². The van der Waals surface area contributed by atoms with E-state index in [9.17, 15) is 8.78 Å². The van der Waals surface area contributed by atoms with Crippen LogP contribution in [0.25, 0.3) is 0 Å². The Labute approximate surface area is 107 Å². The van der Waals surface area contributed by atoms with E-state index in [4.69, 9.17) is 0 Å². The van der Waals surface area contributed by atoms with E-state index in [1.165, 1.54) is 0 Å². The van der Waals surface area contributed by atoms with E-state index in [0.29, 0.717) is 19.8 Å². The lowest BCUT2D eigenvalue weighted by molar-refractivity contribution is 0.421. The van der Waals surface area contributed by atoms with Crippen molar-refractivity contribution in [2.45, 2.75) is 58.2 Å². The number of hydrogen-bond donors (Lipinski definition) is 0. The van der Waals surface area contributed by atoms with Crippen molar-refractivity contribution in [1.29, 1.82) is 0 Å². The molecule has 0 heterocycles. The minimum atomic E-state index is -2.08. The quantitative estimate of drug-likeness (QED) is 0.449. The number of hydrogen-bond acceptors (Lipinski definition) is 0. The summed E-state index contributed by atoms with van der Waals surface area (Å²) in [6.07, 6.45) is -1.46. The summed E-state index contributed by atoms with van der Waals surface area (Å²) in [5.41, 5.74) is 1.06. The van der Waals surface area contributed by atoms with Gasteiger partial charge in [-0.2, -0.15) is 8.78 Å². The van der Waals surface area contributed by atoms with Gasteiger partial charge in [0.1, 0.15) is 8.07 Å². The van der Waals surface area contributed by atoms with Crippen LogP contribution in [0.5, 0.6) is 0 Å². The lowest BCUT2D eigenvalue weighted by atomic mass is 10.5. The van der Waals surface area contributed by atoms with Crippen LogP contribution in [-0.2, 0) is 0 Å². The average Bonchev–Trinajstić information content (AvgIpc) is 2.02. The zero-order chi connectivity index (χ0) is 12.4. The van der Waals surface area contributed by atoms with Gasteiger partial charge in [0.25, 0.3) is 6.08 Å². The Hall–Kier alpha value is 0.547. The molecule has 4 heteroatoms. The zero-order valence-corrected chi connectivity index (χ0v) is 13.5. The van der Waals surface area contributed by atoms with Crippen LogP contribution in [0.4, 0.5) is 8.78 Å². The summed E-state index contributed by atoms with van der Waals surface area (Å²) in [4.78, 5) is 0. The third-order valence-corrected chi connectivity index (χ3v) is 13.3. The predicted octanol–water partition coefficient (Wildman–Crippen LogP) is 5.75. The smallest absolute Gasteiger partial charge is 0.173 e. The van der Waals surface area contributed by atoms with Gasteiger partial charge >= 0.3 is 0 Å². The van der Waals surface area contributed by atoms with Gasteiger partial charge in [-0.15, -0.1) is 0 Å². The highest BCUT2D eigenvalue weighted by Crippen LogP contribution is 2.49. The van der Waals surface area contributed by atoms with Gasteiger partial charge in [0.2, 0.25) is 0 Å². The maximum Gasteiger partial charge on any atom is 0.275 e. The number of rotatable bonds is 4. The first-order chi connectivity index (χ1) is 6.68. The second kappa shape index (κ2) is 5.75. The molecule has 0 aliphatic heterocycles. The highest BCUT2D eigenvalue weighted by Gasteiger charge is 2.47. The molecule has 0 spiro atoms. The molecule has 90 valence electrons. The van der Waals surface area contributed by atoms with Crippen LogP contribution in [0.2, 0.25) is 16.6 Å². The SMILES string of the molecule is CC(C)[Si](C(I)=C(F)F)(C(C)C)C(C)C. The molecule has 0 aromatic heterocycles. The van der Waals surface area contributed by atoms with Gasteiger partial charge in [-0.25, -0.2) is 0 Å². The predicted molar refractivity (Wildman–Crippen MR) is 74.3 cm³/mol. The molecule has 0 nitrogen and oxygen atoms in total. The van der Waals surface area contributed by atoms with Crippen LogP contribution >= 0.6 is 22.6 Å². The Balaban J connectivity index is 5.65. The first-order valence-electron chi connectivity index (χ1n) is 5.40. The molecule has 0 N–H and O–H groups in total. The van der Waals surface area contributed by atoms with Crippen LogP contribution in [0, 0.1) is 0 Å². The van der Waals surface area contributed by atoms with Gasteiger partial charge in [-0.3, -0.25) is 0 Å². The largest absolute Gasteiger partial charge is 0.275 e. The van der Waals surface area contributed by atoms with Crippen LogP contribution < -0.4 is 0 Å². The Kier molecular flexibility index (Phi) is 5.96. The molecule has 0 saturated heterocycles. The topological polar surface area (TPSA) is 0 Å². The Morgan fingerprint density at radius 1 is 0.867 bits per heavy atom. The van der Waals surface area contributed by atoms with Gasteiger partial charge in [-0.05, 0) is 39.2 Å². The van der Waals surface area contributed by atoms with Gasteiger partial charge < -0.3 is 0 Å². The van der Waals surface area contributed by atoms with E-state index in [1.807, 2.05) is 22.6 Å². The molecule has 0 rings (SSSR count). The molecule has 0 aliphatic rings. The molecule has 0 radical (unpaired) electrons. The molecular weight excluding hydrogens is 325 g/mol. The Bertz CT molecular complexity index is 221. The van der Waals surface area contributed by atoms with Crippen molar-refractivity contribution in [3.05, 3.63) is 9.28 Å². The fourth-order valence-corrected chi connectivity index (χ4v) is 14.4. The van der Waals surface area contributed by atoms with Gasteiger partial charge in [0, 0.05) is 3.20 Å². The molecule has 0 amide bonds. The fourth-order valence-electron chi connectivity index (χ4n) is 2.92. The molecule has 0 fully saturated rings. The third kappa shape index (κ3) is 2.81. The molecule has 15 heavy (non-hydrogen) atoms. The molecule has 0 aromatic rings. The first-order valence-corrected chi connectivity index (χ1v) is 8.71. The van der Waals surface area contributed by atoms with Crippen molar-refractivity contribution < 1.29 is 8.78 Å². The zero-order valence-electron chi connectivity index (χ0n) is 10.4. The van der Waals surface area contributed by atoms with Crippen LogP contribution in [0.15, 0.2) is 9.28 Å². The molecule has 0 unspecified atom stereocenters. The maximum absolute atomic E-state index is 12.9. The molecule has 0 saturated carbocycles. The highest BCUT2D eigenvalue weighted by molar-refractivity contribution is 14.1. The first kappa shape index (κ1) is 15.5. The summed E-state index contributed by atoms with van der Waals surface area (Å²) in [6.45, 7) is 12.5. The minimum Gasteiger partial charge on any atom is -0.173 e. The van der Waals surface area contributed by atoms with Crippen molar-refractivity contribution >= 4 is 30.7 Å². The van der Waals surface area contributed by atoms with Crippen LogP contribution in [0.1, 0.15) is 41.5 Å². The van der Waals surface area contributed by atoms with E-state index in [-0.39, 0.29) is 0 Å². The van der Waals surface area contributed by atoms with Gasteiger partial charge in [-0.1, -0.05) is 41.5 Å². The van der Waals surface area contributed by atoms with Gasteiger partial charge in [0.05, 0.1) is 0 Å². The van der Waals surface area contributed by atoms with E-state index in [2.05, 4.69) is 41.5 Å². The maximum atomic E-state index is 12.9. The van der Waals surface area contributed by atoms with Crippen LogP contribution in [-0.4, -0.2) is 8.07 Å². The third-order valence-electron chi connectivity index (χ3n) is 3.41. The molecule has 0 aromatic carbocycles. The summed E-state index contributed by atoms with van der Waals surface area (Å²) in [6, 6.07) is 0. The van der Waals surface area contributed by atoms with Gasteiger partial charge in [0.15, 0.2) is 0 Å². The minimum absolute atomic E-state index is 0.353.